The van der Waals surface area contributed by atoms with Crippen LogP contribution in [-0.4, -0.2) is 45.3 Å². The molecule has 0 spiro atoms. The Morgan fingerprint density at radius 2 is 1.77 bits per heavy atom. The number of sulfonamides is 1. The molecule has 4 rings (SSSR count). The molecule has 2 heterocycles. The van der Waals surface area contributed by atoms with Crippen LogP contribution in [-0.2, 0) is 31.5 Å². The highest BCUT2D eigenvalue weighted by molar-refractivity contribution is 8.03. The zero-order chi connectivity index (χ0) is 32.1. The number of hydrogen-bond donors (Lipinski definition) is 1. The molecule has 0 atom stereocenters. The molecule has 2 aromatic carbocycles. The van der Waals surface area contributed by atoms with Crippen molar-refractivity contribution in [2.75, 3.05) is 23.0 Å². The van der Waals surface area contributed by atoms with E-state index < -0.39 is 43.4 Å². The van der Waals surface area contributed by atoms with Crippen LogP contribution >= 0.6 is 23.1 Å². The first-order valence-electron chi connectivity index (χ1n) is 14.0. The highest BCUT2D eigenvalue weighted by Gasteiger charge is 2.26. The average molecular weight is 686 g/mol. The molecular weight excluding hydrogens is 653 g/mol. The first kappa shape index (κ1) is 34.0. The molecule has 0 saturated carbocycles. The number of rotatable bonds is 14. The Labute approximate surface area is 264 Å². The van der Waals surface area contributed by atoms with E-state index in [1.807, 2.05) is 33.3 Å². The van der Waals surface area contributed by atoms with Crippen LogP contribution in [0.2, 0.25) is 0 Å². The third-order valence-corrected chi connectivity index (χ3v) is 11.2. The number of carbonyl (C=O) groups excluding carboxylic acids is 1. The second kappa shape index (κ2) is 14.5. The summed E-state index contributed by atoms with van der Waals surface area (Å²) in [5.41, 5.74) is 2.23. The normalized spacial score (nSPS) is 14.9. The minimum atomic E-state index is -4.33. The number of hydrogen-bond acceptors (Lipinski definition) is 9. The molecule has 9 nitrogen and oxygen atoms in total. The van der Waals surface area contributed by atoms with Crippen LogP contribution in [0.3, 0.4) is 0 Å². The van der Waals surface area contributed by atoms with Crippen molar-refractivity contribution < 1.29 is 39.5 Å². The van der Waals surface area contributed by atoms with Gasteiger partial charge in [0.05, 0.1) is 26.6 Å². The number of carbonyl (C=O) groups is 1. The fourth-order valence-corrected chi connectivity index (χ4v) is 8.07. The summed E-state index contributed by atoms with van der Waals surface area (Å²) in [6, 6.07) is 9.00. The lowest BCUT2D eigenvalue weighted by Gasteiger charge is -2.21. The van der Waals surface area contributed by atoms with Crippen LogP contribution in [0.25, 0.3) is 16.3 Å². The monoisotopic (exact) mass is 685 g/mol. The Balaban J connectivity index is 1.63. The molecule has 1 amide bonds. The summed E-state index contributed by atoms with van der Waals surface area (Å²) in [6.07, 6.45) is 5.47. The highest BCUT2D eigenvalue weighted by atomic mass is 32.2. The lowest BCUT2D eigenvalue weighted by atomic mass is 10.1. The molecule has 15 heteroatoms. The number of halogens is 2. The Morgan fingerprint density at radius 1 is 1.05 bits per heavy atom. The standard InChI is InChI=1S/C29H33F2N3O6S4/c1-3-20(16-28-33(13-5-6-15-44(38,39)40)23-18-21(30)9-11-25(23)41-28)17-29-34(24-19-22(31)10-12-26(24)42-29)14-7-8-27(35)32-43(36,37)4-2/h9-12,16-19H,3-8,13-15H2,1-2H3,(H-,32,35,38,39,40). The molecule has 0 unspecified atom stereocenters. The van der Waals surface area contributed by atoms with Crippen molar-refractivity contribution in [1.29, 1.82) is 0 Å². The summed E-state index contributed by atoms with van der Waals surface area (Å²) in [5, 5.41) is 1.62. The summed E-state index contributed by atoms with van der Waals surface area (Å²) in [7, 11) is -7.99. The van der Waals surface area contributed by atoms with Crippen molar-refractivity contribution in [3.8, 4) is 0 Å². The van der Waals surface area contributed by atoms with Crippen molar-refractivity contribution in [2.45, 2.75) is 57.4 Å². The maximum Gasteiger partial charge on any atom is 0.263 e. The van der Waals surface area contributed by atoms with Gasteiger partial charge < -0.3 is 9.45 Å². The average Bonchev–Trinajstić information content (AvgIpc) is 3.46. The Kier molecular flexibility index (Phi) is 11.2. The molecule has 1 aliphatic heterocycles. The largest absolute Gasteiger partial charge is 0.748 e. The van der Waals surface area contributed by atoms with Crippen molar-refractivity contribution in [1.82, 2.24) is 4.72 Å². The van der Waals surface area contributed by atoms with Gasteiger partial charge in [-0.3, -0.25) is 9.52 Å². The molecule has 3 aromatic rings. The number of nitrogens with zero attached hydrogens (tertiary/aromatic N) is 2. The van der Waals surface area contributed by atoms with Crippen molar-refractivity contribution in [3.63, 3.8) is 0 Å². The number of amides is 1. The van der Waals surface area contributed by atoms with Crippen LogP contribution in [0.5, 0.6) is 0 Å². The quantitative estimate of drug-likeness (QED) is 0.138. The molecule has 0 fully saturated rings. The van der Waals surface area contributed by atoms with Gasteiger partial charge in [-0.2, -0.15) is 4.57 Å². The minimum Gasteiger partial charge on any atom is -0.748 e. The van der Waals surface area contributed by atoms with E-state index >= 15 is 0 Å². The van der Waals surface area contributed by atoms with Crippen molar-refractivity contribution in [2.24, 2.45) is 0 Å². The maximum absolute atomic E-state index is 14.2. The number of thiazole rings is 1. The van der Waals surface area contributed by atoms with Crippen molar-refractivity contribution >= 4 is 71.1 Å². The van der Waals surface area contributed by atoms with E-state index in [-0.39, 0.29) is 18.6 Å². The van der Waals surface area contributed by atoms with Crippen LogP contribution < -0.4 is 14.2 Å². The van der Waals surface area contributed by atoms with Crippen LogP contribution in [0, 0.1) is 11.6 Å². The molecule has 0 bridgehead atoms. The third-order valence-electron chi connectivity index (χ3n) is 6.87. The molecule has 1 N–H and O–H groups in total. The lowest BCUT2D eigenvalue weighted by Crippen LogP contribution is -2.37. The van der Waals surface area contributed by atoms with Crippen LogP contribution in [0.1, 0.15) is 51.0 Å². The van der Waals surface area contributed by atoms with Gasteiger partial charge in [0.2, 0.25) is 21.4 Å². The van der Waals surface area contributed by atoms with Crippen LogP contribution in [0.4, 0.5) is 14.5 Å². The topological polar surface area (TPSA) is 128 Å². The third kappa shape index (κ3) is 9.10. The van der Waals surface area contributed by atoms with Gasteiger partial charge in [0, 0.05) is 42.2 Å². The Morgan fingerprint density at radius 3 is 2.48 bits per heavy atom. The zero-order valence-corrected chi connectivity index (χ0v) is 27.5. The van der Waals surface area contributed by atoms with Gasteiger partial charge >= 0.3 is 0 Å². The molecule has 1 aliphatic rings. The predicted molar refractivity (Wildman–Crippen MR) is 169 cm³/mol. The first-order valence-corrected chi connectivity index (χ1v) is 18.9. The molecule has 1 aromatic heterocycles. The molecule has 0 aliphatic carbocycles. The van der Waals surface area contributed by atoms with E-state index in [0.29, 0.717) is 43.6 Å². The van der Waals surface area contributed by atoms with Gasteiger partial charge in [-0.1, -0.05) is 30.0 Å². The maximum atomic E-state index is 14.2. The van der Waals surface area contributed by atoms with Gasteiger partial charge in [0.15, 0.2) is 6.54 Å². The van der Waals surface area contributed by atoms with Gasteiger partial charge in [-0.25, -0.2) is 25.6 Å². The lowest BCUT2D eigenvalue weighted by molar-refractivity contribution is -0.669. The van der Waals surface area contributed by atoms with E-state index in [1.165, 1.54) is 54.3 Å². The minimum absolute atomic E-state index is 0.0270. The number of benzene rings is 2. The molecule has 0 radical (unpaired) electrons. The van der Waals surface area contributed by atoms with E-state index in [4.69, 9.17) is 0 Å². The number of unbranched alkanes of at least 4 members (excludes halogenated alkanes) is 1. The Hall–Kier alpha value is -2.85. The summed E-state index contributed by atoms with van der Waals surface area (Å²) >= 11 is 2.91. The first-order chi connectivity index (χ1) is 20.8. The zero-order valence-electron chi connectivity index (χ0n) is 24.2. The van der Waals surface area contributed by atoms with Crippen molar-refractivity contribution in [3.05, 3.63) is 69.7 Å². The number of aryl methyl sites for hydroxylation is 1. The smallest absolute Gasteiger partial charge is 0.263 e. The van der Waals surface area contributed by atoms with E-state index in [9.17, 15) is 35.0 Å². The summed E-state index contributed by atoms with van der Waals surface area (Å²) < 4.78 is 89.9. The number of thioether (sulfide) groups is 1. The molecule has 238 valence electrons. The second-order valence-electron chi connectivity index (χ2n) is 10.1. The van der Waals surface area contributed by atoms with Gasteiger partial charge in [-0.05, 0) is 68.2 Å². The Bertz CT molecular complexity index is 1820. The van der Waals surface area contributed by atoms with E-state index in [2.05, 4.69) is 0 Å². The summed E-state index contributed by atoms with van der Waals surface area (Å²) in [6.45, 7) is 4.16. The number of allylic oxidation sites excluding steroid dienone is 2. The fraction of sp³-hybridized carbons (Fsp3) is 0.379. The molecular formula is C29H33F2N3O6S4. The second-order valence-corrected chi connectivity index (χ2v) is 15.8. The highest BCUT2D eigenvalue weighted by Crippen LogP contribution is 2.47. The SMILES string of the molecule is CCC(=C/c1sc2ccc(F)cc2[n+]1CCCC(=O)NS(=O)(=O)CC)/C=C1\Sc2ccc(F)cc2N1CCCCS(=O)(=O)[O-]. The molecule has 44 heavy (non-hydrogen) atoms. The summed E-state index contributed by atoms with van der Waals surface area (Å²) in [5.74, 6) is -2.08. The van der Waals surface area contributed by atoms with Gasteiger partial charge in [0.25, 0.3) is 5.01 Å². The van der Waals surface area contributed by atoms with Gasteiger partial charge in [-0.15, -0.1) is 0 Å². The molecule has 0 saturated heterocycles. The van der Waals surface area contributed by atoms with Gasteiger partial charge in [0.1, 0.15) is 16.3 Å². The number of anilines is 1. The van der Waals surface area contributed by atoms with Crippen LogP contribution in [0.15, 0.2) is 58.0 Å². The number of fused-ring (bicyclic) bond motifs is 2. The summed E-state index contributed by atoms with van der Waals surface area (Å²) in [4.78, 5) is 15.0. The van der Waals surface area contributed by atoms with E-state index in [1.54, 1.807) is 12.1 Å². The van der Waals surface area contributed by atoms with E-state index in [0.717, 1.165) is 25.2 Å². The number of aromatic nitrogens is 1. The number of nitrogens with one attached hydrogen (secondary N) is 1. The fourth-order valence-electron chi connectivity index (χ4n) is 4.63. The predicted octanol–water partition coefficient (Wildman–Crippen LogP) is 5.29.